The molecule has 0 aliphatic heterocycles. The number of hydrogen-bond acceptors (Lipinski definition) is 3. The summed E-state index contributed by atoms with van der Waals surface area (Å²) >= 11 is 0. The smallest absolute Gasteiger partial charge is 0.0757 e. The highest BCUT2D eigenvalue weighted by Gasteiger charge is 1.83. The summed E-state index contributed by atoms with van der Waals surface area (Å²) in [6.45, 7) is 6.73. The maximum absolute atomic E-state index is 5.22. The Hall–Kier alpha value is -0.540. The van der Waals surface area contributed by atoms with Crippen molar-refractivity contribution in [3.8, 4) is 0 Å². The van der Waals surface area contributed by atoms with Gasteiger partial charge in [0.15, 0.2) is 0 Å². The lowest BCUT2D eigenvalue weighted by atomic mass is 10.5. The van der Waals surface area contributed by atoms with Gasteiger partial charge in [-0.25, -0.2) is 0 Å². The van der Waals surface area contributed by atoms with E-state index in [0.717, 1.165) is 12.1 Å². The number of nitrogens with one attached hydrogen (secondary N) is 1. The largest absolute Gasteiger partial charge is 0.330 e. The Morgan fingerprint density at radius 2 is 2.44 bits per heavy atom. The number of nitrogens with two attached hydrogens (primary N) is 1. The summed E-state index contributed by atoms with van der Waals surface area (Å²) in [5, 5.41) is 0. The quantitative estimate of drug-likeness (QED) is 0.418. The molecule has 3 heteroatoms. The van der Waals surface area contributed by atoms with Crippen molar-refractivity contribution < 1.29 is 4.84 Å². The third kappa shape index (κ3) is 7.46. The van der Waals surface area contributed by atoms with Crippen LogP contribution >= 0.6 is 0 Å². The predicted octanol–water partition coefficient (Wildman–Crippen LogP) is 0.390. The molecule has 3 nitrogen and oxygen atoms in total. The number of hydroxylamine groups is 1. The standard InChI is InChI=1S/C6H14N2O/c1-6(2)8-9-5-3-4-7/h8H,1,3-5,7H2,2H3. The topological polar surface area (TPSA) is 47.3 Å². The van der Waals surface area contributed by atoms with Crippen molar-refractivity contribution in [2.45, 2.75) is 13.3 Å². The molecule has 9 heavy (non-hydrogen) atoms. The summed E-state index contributed by atoms with van der Waals surface area (Å²) in [7, 11) is 0. The van der Waals surface area contributed by atoms with Crippen LogP contribution in [0.5, 0.6) is 0 Å². The Labute approximate surface area is 55.8 Å². The monoisotopic (exact) mass is 130 g/mol. The first-order valence-corrected chi connectivity index (χ1v) is 3.00. The van der Waals surface area contributed by atoms with Gasteiger partial charge in [0.2, 0.25) is 0 Å². The zero-order valence-electron chi connectivity index (χ0n) is 5.81. The Morgan fingerprint density at radius 1 is 1.78 bits per heavy atom. The van der Waals surface area contributed by atoms with Gasteiger partial charge >= 0.3 is 0 Å². The van der Waals surface area contributed by atoms with E-state index in [1.54, 1.807) is 0 Å². The van der Waals surface area contributed by atoms with E-state index in [2.05, 4.69) is 12.1 Å². The fourth-order valence-corrected chi connectivity index (χ4v) is 0.330. The Morgan fingerprint density at radius 3 is 2.89 bits per heavy atom. The van der Waals surface area contributed by atoms with Crippen LogP contribution in [0.3, 0.4) is 0 Å². The lowest BCUT2D eigenvalue weighted by molar-refractivity contribution is 0.0626. The molecular formula is C6H14N2O. The minimum atomic E-state index is 0.642. The molecule has 0 radical (unpaired) electrons. The molecule has 0 amide bonds. The Kier molecular flexibility index (Phi) is 5.26. The van der Waals surface area contributed by atoms with E-state index in [9.17, 15) is 0 Å². The molecule has 0 atom stereocenters. The maximum atomic E-state index is 5.22. The minimum absolute atomic E-state index is 0.642. The highest BCUT2D eigenvalue weighted by Crippen LogP contribution is 1.80. The molecular weight excluding hydrogens is 116 g/mol. The van der Waals surface area contributed by atoms with Crippen molar-refractivity contribution in [3.63, 3.8) is 0 Å². The van der Waals surface area contributed by atoms with Crippen LogP contribution in [-0.4, -0.2) is 13.2 Å². The van der Waals surface area contributed by atoms with Crippen LogP contribution in [0.1, 0.15) is 13.3 Å². The number of allylic oxidation sites excluding steroid dienone is 1. The number of hydrogen-bond donors (Lipinski definition) is 2. The second-order valence-electron chi connectivity index (χ2n) is 1.87. The summed E-state index contributed by atoms with van der Waals surface area (Å²) in [6.07, 6.45) is 0.875. The average Bonchev–Trinajstić information content (AvgIpc) is 1.80. The second-order valence-corrected chi connectivity index (χ2v) is 1.87. The fraction of sp³-hybridized carbons (Fsp3) is 0.667. The van der Waals surface area contributed by atoms with Crippen molar-refractivity contribution in [1.29, 1.82) is 0 Å². The van der Waals surface area contributed by atoms with E-state index in [0.29, 0.717) is 13.2 Å². The van der Waals surface area contributed by atoms with Crippen molar-refractivity contribution >= 4 is 0 Å². The molecule has 0 spiro atoms. The van der Waals surface area contributed by atoms with Crippen molar-refractivity contribution in [2.75, 3.05) is 13.2 Å². The van der Waals surface area contributed by atoms with Crippen LogP contribution in [0.25, 0.3) is 0 Å². The summed E-state index contributed by atoms with van der Waals surface area (Å²) < 4.78 is 0. The van der Waals surface area contributed by atoms with Crippen molar-refractivity contribution in [2.24, 2.45) is 5.73 Å². The number of rotatable bonds is 5. The molecule has 0 unspecified atom stereocenters. The van der Waals surface area contributed by atoms with Gasteiger partial charge in [0.05, 0.1) is 6.61 Å². The summed E-state index contributed by atoms with van der Waals surface area (Å²) in [5.74, 6) is 0. The van der Waals surface area contributed by atoms with Gasteiger partial charge in [0.25, 0.3) is 0 Å². The van der Waals surface area contributed by atoms with Gasteiger partial charge in [0, 0.05) is 5.70 Å². The van der Waals surface area contributed by atoms with E-state index >= 15 is 0 Å². The summed E-state index contributed by atoms with van der Waals surface area (Å²) in [5.41, 5.74) is 8.66. The molecule has 0 aliphatic carbocycles. The van der Waals surface area contributed by atoms with Crippen molar-refractivity contribution in [1.82, 2.24) is 5.48 Å². The van der Waals surface area contributed by atoms with Gasteiger partial charge in [-0.15, -0.1) is 0 Å². The molecule has 0 saturated carbocycles. The molecule has 0 aliphatic rings. The molecule has 0 rings (SSSR count). The lowest BCUT2D eigenvalue weighted by Gasteiger charge is -2.03. The van der Waals surface area contributed by atoms with E-state index in [1.807, 2.05) is 6.92 Å². The normalized spacial score (nSPS) is 9.11. The third-order valence-corrected chi connectivity index (χ3v) is 0.697. The predicted molar refractivity (Wildman–Crippen MR) is 37.6 cm³/mol. The minimum Gasteiger partial charge on any atom is -0.330 e. The molecule has 3 N–H and O–H groups in total. The van der Waals surface area contributed by atoms with Crippen LogP contribution in [0.2, 0.25) is 0 Å². The Balaban J connectivity index is 2.83. The molecule has 0 aromatic carbocycles. The van der Waals surface area contributed by atoms with Crippen LogP contribution in [0.4, 0.5) is 0 Å². The third-order valence-electron chi connectivity index (χ3n) is 0.697. The first-order valence-electron chi connectivity index (χ1n) is 3.00. The summed E-state index contributed by atoms with van der Waals surface area (Å²) in [4.78, 5) is 4.91. The van der Waals surface area contributed by atoms with Gasteiger partial charge in [-0.1, -0.05) is 6.58 Å². The van der Waals surface area contributed by atoms with Gasteiger partial charge in [-0.05, 0) is 19.9 Å². The maximum Gasteiger partial charge on any atom is 0.0757 e. The molecule has 0 fully saturated rings. The van der Waals surface area contributed by atoms with Gasteiger partial charge < -0.3 is 5.73 Å². The lowest BCUT2D eigenvalue weighted by Crippen LogP contribution is -2.14. The van der Waals surface area contributed by atoms with Crippen LogP contribution in [-0.2, 0) is 4.84 Å². The molecule has 0 heterocycles. The second kappa shape index (κ2) is 5.59. The first kappa shape index (κ1) is 8.46. The molecule has 0 bridgehead atoms. The highest BCUT2D eigenvalue weighted by atomic mass is 16.6. The van der Waals surface area contributed by atoms with E-state index in [-0.39, 0.29) is 0 Å². The van der Waals surface area contributed by atoms with Crippen LogP contribution in [0.15, 0.2) is 12.3 Å². The fourth-order valence-electron chi connectivity index (χ4n) is 0.330. The summed E-state index contributed by atoms with van der Waals surface area (Å²) in [6, 6.07) is 0. The van der Waals surface area contributed by atoms with E-state index in [4.69, 9.17) is 10.6 Å². The van der Waals surface area contributed by atoms with Crippen molar-refractivity contribution in [3.05, 3.63) is 12.3 Å². The molecule has 0 aromatic rings. The first-order chi connectivity index (χ1) is 4.27. The Bertz CT molecular complexity index is 83.1. The van der Waals surface area contributed by atoms with Gasteiger partial charge in [-0.2, -0.15) is 0 Å². The van der Waals surface area contributed by atoms with Crippen LogP contribution < -0.4 is 11.2 Å². The zero-order valence-corrected chi connectivity index (χ0v) is 5.81. The molecule has 0 saturated heterocycles. The molecule has 54 valence electrons. The van der Waals surface area contributed by atoms with Crippen LogP contribution in [0, 0.1) is 0 Å². The van der Waals surface area contributed by atoms with Gasteiger partial charge in [-0.3, -0.25) is 10.3 Å². The highest BCUT2D eigenvalue weighted by molar-refractivity contribution is 4.79. The molecule has 0 aromatic heterocycles. The van der Waals surface area contributed by atoms with E-state index in [1.165, 1.54) is 0 Å². The SMILES string of the molecule is C=C(C)NOCCCN. The average molecular weight is 130 g/mol. The van der Waals surface area contributed by atoms with E-state index < -0.39 is 0 Å². The van der Waals surface area contributed by atoms with Gasteiger partial charge in [0.1, 0.15) is 0 Å². The zero-order chi connectivity index (χ0) is 7.11.